The Balaban J connectivity index is 2.48. The highest BCUT2D eigenvalue weighted by atomic mass is 32.1. The molecule has 1 aromatic heterocycles. The third kappa shape index (κ3) is 4.22. The molecule has 0 fully saturated rings. The number of aromatic nitrogens is 2. The quantitative estimate of drug-likeness (QED) is 0.404. The van der Waals surface area contributed by atoms with Crippen LogP contribution in [-0.2, 0) is 6.54 Å². The van der Waals surface area contributed by atoms with E-state index >= 15 is 0 Å². The zero-order valence-electron chi connectivity index (χ0n) is 8.72. The summed E-state index contributed by atoms with van der Waals surface area (Å²) < 4.78 is 0.352. The van der Waals surface area contributed by atoms with E-state index in [0.717, 1.165) is 18.5 Å². The monoisotopic (exact) mass is 225 g/mol. The molecule has 0 aliphatic heterocycles. The van der Waals surface area contributed by atoms with Crippen molar-refractivity contribution in [3.05, 3.63) is 39.0 Å². The van der Waals surface area contributed by atoms with E-state index < -0.39 is 0 Å². The Hall–Kier alpha value is -1.20. The number of aromatic amines is 2. The second-order valence-corrected chi connectivity index (χ2v) is 3.89. The lowest BCUT2D eigenvalue weighted by atomic mass is 10.2. The van der Waals surface area contributed by atoms with Gasteiger partial charge in [0.05, 0.1) is 0 Å². The van der Waals surface area contributed by atoms with Crippen molar-refractivity contribution < 1.29 is 0 Å². The summed E-state index contributed by atoms with van der Waals surface area (Å²) in [6.07, 6.45) is 2.55. The van der Waals surface area contributed by atoms with Crippen molar-refractivity contribution in [2.45, 2.75) is 19.9 Å². The van der Waals surface area contributed by atoms with Crippen LogP contribution in [0.15, 0.2) is 23.1 Å². The average Bonchev–Trinajstić information content (AvgIpc) is 2.14. The van der Waals surface area contributed by atoms with Crippen LogP contribution in [-0.4, -0.2) is 16.5 Å². The summed E-state index contributed by atoms with van der Waals surface area (Å²) in [7, 11) is 0. The molecule has 0 unspecified atom stereocenters. The molecular weight excluding hydrogens is 210 g/mol. The Morgan fingerprint density at radius 1 is 1.67 bits per heavy atom. The highest BCUT2D eigenvalue weighted by Gasteiger charge is 1.97. The predicted molar refractivity (Wildman–Crippen MR) is 63.4 cm³/mol. The van der Waals surface area contributed by atoms with Gasteiger partial charge in [0.1, 0.15) is 0 Å². The maximum absolute atomic E-state index is 11.4. The van der Waals surface area contributed by atoms with Crippen LogP contribution in [0.2, 0.25) is 0 Å². The van der Waals surface area contributed by atoms with Gasteiger partial charge in [-0.2, -0.15) is 0 Å². The van der Waals surface area contributed by atoms with Gasteiger partial charge in [-0.15, -0.1) is 6.58 Å². The summed E-state index contributed by atoms with van der Waals surface area (Å²) in [5.41, 5.74) is 1.65. The molecule has 1 aromatic rings. The van der Waals surface area contributed by atoms with Crippen LogP contribution in [0.3, 0.4) is 0 Å². The first-order valence-electron chi connectivity index (χ1n) is 4.75. The molecule has 5 heteroatoms. The van der Waals surface area contributed by atoms with Gasteiger partial charge in [-0.25, -0.2) is 0 Å². The third-order valence-electron chi connectivity index (χ3n) is 1.94. The maximum atomic E-state index is 11.4. The molecule has 15 heavy (non-hydrogen) atoms. The summed E-state index contributed by atoms with van der Waals surface area (Å²) in [6.45, 7) is 7.14. The van der Waals surface area contributed by atoms with Crippen molar-refractivity contribution in [1.82, 2.24) is 15.3 Å². The fourth-order valence-corrected chi connectivity index (χ4v) is 1.25. The fraction of sp³-hybridized carbons (Fsp3) is 0.400. The van der Waals surface area contributed by atoms with Gasteiger partial charge in [-0.05, 0) is 32.1 Å². The predicted octanol–water partition coefficient (Wildman–Crippen LogP) is 1.49. The molecule has 0 bridgehead atoms. The molecule has 0 aliphatic rings. The SMILES string of the molecule is C=C(C)CCNCc1c[nH]c(=S)[nH]c1=O. The van der Waals surface area contributed by atoms with Gasteiger partial charge in [0.2, 0.25) is 0 Å². The minimum Gasteiger partial charge on any atom is -0.338 e. The summed E-state index contributed by atoms with van der Waals surface area (Å²) >= 11 is 4.79. The van der Waals surface area contributed by atoms with Gasteiger partial charge in [-0.1, -0.05) is 5.57 Å². The lowest BCUT2D eigenvalue weighted by Gasteiger charge is -2.03. The molecule has 0 aliphatic carbocycles. The molecule has 4 nitrogen and oxygen atoms in total. The molecule has 0 spiro atoms. The Labute approximate surface area is 93.4 Å². The second kappa shape index (κ2) is 5.63. The van der Waals surface area contributed by atoms with Crippen LogP contribution >= 0.6 is 12.2 Å². The summed E-state index contributed by atoms with van der Waals surface area (Å²) in [5, 5.41) is 3.16. The van der Waals surface area contributed by atoms with Gasteiger partial charge in [-0.3, -0.25) is 9.78 Å². The third-order valence-corrected chi connectivity index (χ3v) is 2.16. The Morgan fingerprint density at radius 3 is 3.00 bits per heavy atom. The van der Waals surface area contributed by atoms with E-state index in [1.54, 1.807) is 6.20 Å². The van der Waals surface area contributed by atoms with Crippen molar-refractivity contribution >= 4 is 12.2 Å². The minimum absolute atomic E-state index is 0.137. The Kier molecular flexibility index (Phi) is 4.45. The van der Waals surface area contributed by atoms with E-state index in [4.69, 9.17) is 12.2 Å². The molecule has 1 rings (SSSR count). The molecule has 0 saturated heterocycles. The lowest BCUT2D eigenvalue weighted by molar-refractivity contribution is 0.676. The van der Waals surface area contributed by atoms with E-state index in [2.05, 4.69) is 21.9 Å². The minimum atomic E-state index is -0.137. The molecule has 0 saturated carbocycles. The first-order chi connectivity index (χ1) is 7.09. The van der Waals surface area contributed by atoms with Crippen LogP contribution in [0.1, 0.15) is 18.9 Å². The van der Waals surface area contributed by atoms with Crippen molar-refractivity contribution in [3.8, 4) is 0 Å². The van der Waals surface area contributed by atoms with Gasteiger partial charge >= 0.3 is 0 Å². The number of nitrogens with one attached hydrogen (secondary N) is 3. The van der Waals surface area contributed by atoms with Gasteiger partial charge < -0.3 is 10.3 Å². The fourth-order valence-electron chi connectivity index (χ4n) is 1.09. The van der Waals surface area contributed by atoms with Gasteiger partial charge in [0.25, 0.3) is 5.56 Å². The van der Waals surface area contributed by atoms with E-state index in [-0.39, 0.29) is 5.56 Å². The summed E-state index contributed by atoms with van der Waals surface area (Å²) in [6, 6.07) is 0. The van der Waals surface area contributed by atoms with E-state index in [1.807, 2.05) is 6.92 Å². The van der Waals surface area contributed by atoms with Crippen molar-refractivity contribution in [3.63, 3.8) is 0 Å². The molecule has 3 N–H and O–H groups in total. The zero-order valence-corrected chi connectivity index (χ0v) is 9.54. The smallest absolute Gasteiger partial charge is 0.256 e. The molecular formula is C10H15N3OS. The van der Waals surface area contributed by atoms with Crippen molar-refractivity contribution in [1.29, 1.82) is 0 Å². The van der Waals surface area contributed by atoms with E-state index in [1.165, 1.54) is 0 Å². The molecule has 0 amide bonds. The lowest BCUT2D eigenvalue weighted by Crippen LogP contribution is -2.22. The van der Waals surface area contributed by atoms with Gasteiger partial charge in [0, 0.05) is 18.3 Å². The van der Waals surface area contributed by atoms with Crippen molar-refractivity contribution in [2.24, 2.45) is 0 Å². The number of hydrogen-bond acceptors (Lipinski definition) is 3. The normalized spacial score (nSPS) is 10.2. The number of H-pyrrole nitrogens is 2. The van der Waals surface area contributed by atoms with Crippen molar-refractivity contribution in [2.75, 3.05) is 6.54 Å². The summed E-state index contributed by atoms with van der Waals surface area (Å²) in [4.78, 5) is 16.7. The van der Waals surface area contributed by atoms with E-state index in [0.29, 0.717) is 16.9 Å². The van der Waals surface area contributed by atoms with Gasteiger partial charge in [0.15, 0.2) is 4.77 Å². The first kappa shape index (κ1) is 11.9. The molecule has 0 aromatic carbocycles. The summed E-state index contributed by atoms with van der Waals surface area (Å²) in [5.74, 6) is 0. The molecule has 1 heterocycles. The highest BCUT2D eigenvalue weighted by molar-refractivity contribution is 7.71. The van der Waals surface area contributed by atoms with Crippen LogP contribution < -0.4 is 10.9 Å². The Morgan fingerprint density at radius 2 is 2.40 bits per heavy atom. The molecule has 82 valence electrons. The van der Waals surface area contributed by atoms with Crippen LogP contribution in [0.25, 0.3) is 0 Å². The van der Waals surface area contributed by atoms with Crippen LogP contribution in [0, 0.1) is 4.77 Å². The van der Waals surface area contributed by atoms with Crippen LogP contribution in [0.5, 0.6) is 0 Å². The number of rotatable bonds is 5. The van der Waals surface area contributed by atoms with Crippen LogP contribution in [0.4, 0.5) is 0 Å². The van der Waals surface area contributed by atoms with E-state index in [9.17, 15) is 4.79 Å². The second-order valence-electron chi connectivity index (χ2n) is 3.48. The zero-order chi connectivity index (χ0) is 11.3. The molecule has 0 atom stereocenters. The highest BCUT2D eigenvalue weighted by Crippen LogP contribution is 1.93. The largest absolute Gasteiger partial charge is 0.338 e. The topological polar surface area (TPSA) is 60.7 Å². The standard InChI is InChI=1S/C10H15N3OS/c1-7(2)3-4-11-5-8-6-12-10(15)13-9(8)14/h6,11H,1,3-5H2,2H3,(H2,12,13,14,15). The number of hydrogen-bond donors (Lipinski definition) is 3. The molecule has 0 radical (unpaired) electrons. The maximum Gasteiger partial charge on any atom is 0.256 e. The first-order valence-corrected chi connectivity index (χ1v) is 5.16. The Bertz CT molecular complexity index is 446. The average molecular weight is 225 g/mol.